The highest BCUT2D eigenvalue weighted by Crippen LogP contribution is 2.18. The van der Waals surface area contributed by atoms with E-state index in [0.717, 1.165) is 12.1 Å². The molecule has 1 aromatic carbocycles. The van der Waals surface area contributed by atoms with Gasteiger partial charge in [-0.3, -0.25) is 0 Å². The second-order valence-electron chi connectivity index (χ2n) is 3.38. The summed E-state index contributed by atoms with van der Waals surface area (Å²) in [5, 5.41) is 0. The molecule has 0 saturated carbocycles. The molecule has 0 spiro atoms. The predicted molar refractivity (Wildman–Crippen MR) is 54.9 cm³/mol. The first-order valence-electron chi connectivity index (χ1n) is 4.59. The van der Waals surface area contributed by atoms with Crippen LogP contribution >= 0.6 is 0 Å². The molecule has 16 heavy (non-hydrogen) atoms. The third-order valence-electron chi connectivity index (χ3n) is 2.09. The second kappa shape index (κ2) is 3.84. The molecule has 2 aromatic rings. The second-order valence-corrected chi connectivity index (χ2v) is 3.38. The van der Waals surface area contributed by atoms with Crippen LogP contribution in [0.3, 0.4) is 0 Å². The monoisotopic (exact) mass is 222 g/mol. The first-order chi connectivity index (χ1) is 7.56. The van der Waals surface area contributed by atoms with Gasteiger partial charge in [0.1, 0.15) is 0 Å². The van der Waals surface area contributed by atoms with E-state index in [9.17, 15) is 13.6 Å². The first-order valence-corrected chi connectivity index (χ1v) is 4.59. The molecule has 5 heteroatoms. The summed E-state index contributed by atoms with van der Waals surface area (Å²) in [5.41, 5.74) is 0.785. The lowest BCUT2D eigenvalue weighted by molar-refractivity contribution is 0.509. The maximum atomic E-state index is 13.0. The number of rotatable bonds is 1. The summed E-state index contributed by atoms with van der Waals surface area (Å²) in [5.74, 6) is -1.89. The number of H-pyrrole nitrogens is 1. The standard InChI is InChI=1S/C11H8F2N2O/c1-6-4-10(15-11(16)14-6)7-2-3-8(12)9(13)5-7/h2-5H,1H3,(H,14,15,16). The van der Waals surface area contributed by atoms with E-state index in [1.165, 1.54) is 6.07 Å². The molecule has 0 bridgehead atoms. The third-order valence-corrected chi connectivity index (χ3v) is 2.09. The Kier molecular flexibility index (Phi) is 2.52. The summed E-state index contributed by atoms with van der Waals surface area (Å²) in [6.45, 7) is 1.69. The van der Waals surface area contributed by atoms with Gasteiger partial charge >= 0.3 is 5.69 Å². The lowest BCUT2D eigenvalue weighted by Crippen LogP contribution is -2.12. The summed E-state index contributed by atoms with van der Waals surface area (Å²) in [6.07, 6.45) is 0. The van der Waals surface area contributed by atoms with Crippen molar-refractivity contribution in [2.45, 2.75) is 6.92 Å². The molecule has 3 nitrogen and oxygen atoms in total. The topological polar surface area (TPSA) is 45.8 Å². The Morgan fingerprint density at radius 3 is 2.56 bits per heavy atom. The van der Waals surface area contributed by atoms with Crippen molar-refractivity contribution in [1.82, 2.24) is 9.97 Å². The van der Waals surface area contributed by atoms with E-state index in [0.29, 0.717) is 17.0 Å². The normalized spacial score (nSPS) is 10.4. The van der Waals surface area contributed by atoms with Gasteiger partial charge in [0.05, 0.1) is 5.69 Å². The zero-order valence-electron chi connectivity index (χ0n) is 8.42. The van der Waals surface area contributed by atoms with E-state index in [1.54, 1.807) is 13.0 Å². The Labute approximate surface area is 89.8 Å². The molecular formula is C11H8F2N2O. The van der Waals surface area contributed by atoms with Crippen molar-refractivity contribution in [1.29, 1.82) is 0 Å². The average Bonchev–Trinajstić information content (AvgIpc) is 2.20. The quantitative estimate of drug-likeness (QED) is 0.802. The minimum absolute atomic E-state index is 0.320. The Morgan fingerprint density at radius 1 is 1.19 bits per heavy atom. The van der Waals surface area contributed by atoms with Gasteiger partial charge in [-0.15, -0.1) is 0 Å². The van der Waals surface area contributed by atoms with E-state index < -0.39 is 17.3 Å². The Bertz CT molecular complexity index is 593. The van der Waals surface area contributed by atoms with Gasteiger partial charge in [0.25, 0.3) is 0 Å². The number of nitrogens with zero attached hydrogens (tertiary/aromatic N) is 1. The van der Waals surface area contributed by atoms with Crippen molar-refractivity contribution in [3.63, 3.8) is 0 Å². The number of aryl methyl sites for hydroxylation is 1. The van der Waals surface area contributed by atoms with Crippen LogP contribution < -0.4 is 5.69 Å². The van der Waals surface area contributed by atoms with Crippen LogP contribution in [0.4, 0.5) is 8.78 Å². The Balaban J connectivity index is 2.58. The van der Waals surface area contributed by atoms with Crippen molar-refractivity contribution < 1.29 is 8.78 Å². The van der Waals surface area contributed by atoms with Gasteiger partial charge in [0.2, 0.25) is 0 Å². The highest BCUT2D eigenvalue weighted by Gasteiger charge is 2.06. The Hall–Kier alpha value is -2.04. The van der Waals surface area contributed by atoms with Gasteiger partial charge in [0.15, 0.2) is 11.6 Å². The van der Waals surface area contributed by atoms with E-state index in [1.807, 2.05) is 0 Å². The number of halogens is 2. The van der Waals surface area contributed by atoms with Gasteiger partial charge in [-0.25, -0.2) is 13.6 Å². The molecule has 0 aliphatic rings. The van der Waals surface area contributed by atoms with E-state index in [-0.39, 0.29) is 0 Å². The molecule has 0 radical (unpaired) electrons. The molecule has 2 rings (SSSR count). The van der Waals surface area contributed by atoms with Crippen molar-refractivity contribution in [2.24, 2.45) is 0 Å². The van der Waals surface area contributed by atoms with Crippen LogP contribution in [0.1, 0.15) is 5.69 Å². The van der Waals surface area contributed by atoms with Crippen molar-refractivity contribution in [3.8, 4) is 11.3 Å². The fourth-order valence-corrected chi connectivity index (χ4v) is 1.38. The molecule has 0 saturated heterocycles. The largest absolute Gasteiger partial charge is 0.345 e. The summed E-state index contributed by atoms with van der Waals surface area (Å²) >= 11 is 0. The molecule has 0 atom stereocenters. The van der Waals surface area contributed by atoms with Gasteiger partial charge in [-0.1, -0.05) is 0 Å². The molecular weight excluding hydrogens is 214 g/mol. The number of aromatic amines is 1. The molecule has 0 fully saturated rings. The fraction of sp³-hybridized carbons (Fsp3) is 0.0909. The average molecular weight is 222 g/mol. The number of hydrogen-bond acceptors (Lipinski definition) is 2. The van der Waals surface area contributed by atoms with E-state index >= 15 is 0 Å². The van der Waals surface area contributed by atoms with Gasteiger partial charge in [-0.2, -0.15) is 4.98 Å². The first kappa shape index (κ1) is 10.5. The number of hydrogen-bond donors (Lipinski definition) is 1. The zero-order valence-corrected chi connectivity index (χ0v) is 8.42. The lowest BCUT2D eigenvalue weighted by Gasteiger charge is -2.01. The van der Waals surface area contributed by atoms with Crippen molar-refractivity contribution in [3.05, 3.63) is 52.1 Å². The van der Waals surface area contributed by atoms with Crippen LogP contribution in [0, 0.1) is 18.6 Å². The van der Waals surface area contributed by atoms with Crippen LogP contribution in [-0.2, 0) is 0 Å². The highest BCUT2D eigenvalue weighted by atomic mass is 19.2. The van der Waals surface area contributed by atoms with Crippen LogP contribution in [-0.4, -0.2) is 9.97 Å². The van der Waals surface area contributed by atoms with Crippen LogP contribution in [0.5, 0.6) is 0 Å². The maximum absolute atomic E-state index is 13.0. The maximum Gasteiger partial charge on any atom is 0.345 e. The molecule has 82 valence electrons. The molecule has 0 unspecified atom stereocenters. The molecule has 0 aliphatic carbocycles. The fourth-order valence-electron chi connectivity index (χ4n) is 1.38. The van der Waals surface area contributed by atoms with Crippen LogP contribution in [0.2, 0.25) is 0 Å². The molecule has 0 amide bonds. The minimum atomic E-state index is -0.961. The van der Waals surface area contributed by atoms with Crippen molar-refractivity contribution in [2.75, 3.05) is 0 Å². The zero-order chi connectivity index (χ0) is 11.7. The van der Waals surface area contributed by atoms with Crippen LogP contribution in [0.15, 0.2) is 29.1 Å². The summed E-state index contributed by atoms with van der Waals surface area (Å²) in [4.78, 5) is 17.2. The predicted octanol–water partition coefficient (Wildman–Crippen LogP) is 2.02. The molecule has 1 heterocycles. The SMILES string of the molecule is Cc1cc(-c2ccc(F)c(F)c2)nc(=O)[nH]1. The van der Waals surface area contributed by atoms with E-state index in [2.05, 4.69) is 9.97 Å². The molecule has 0 aliphatic heterocycles. The third kappa shape index (κ3) is 1.98. The summed E-state index contributed by atoms with van der Waals surface area (Å²) in [6, 6.07) is 4.98. The van der Waals surface area contributed by atoms with Crippen LogP contribution in [0.25, 0.3) is 11.3 Å². The molecule has 1 aromatic heterocycles. The highest BCUT2D eigenvalue weighted by molar-refractivity contribution is 5.58. The van der Waals surface area contributed by atoms with Gasteiger partial charge < -0.3 is 4.98 Å². The molecule has 1 N–H and O–H groups in total. The summed E-state index contributed by atoms with van der Waals surface area (Å²) in [7, 11) is 0. The number of benzene rings is 1. The minimum Gasteiger partial charge on any atom is -0.310 e. The van der Waals surface area contributed by atoms with E-state index in [4.69, 9.17) is 0 Å². The number of nitrogens with one attached hydrogen (secondary N) is 1. The lowest BCUT2D eigenvalue weighted by atomic mass is 10.1. The number of aromatic nitrogens is 2. The smallest absolute Gasteiger partial charge is 0.310 e. The van der Waals surface area contributed by atoms with Crippen molar-refractivity contribution >= 4 is 0 Å². The van der Waals surface area contributed by atoms with Gasteiger partial charge in [0, 0.05) is 11.3 Å². The van der Waals surface area contributed by atoms with Gasteiger partial charge in [-0.05, 0) is 31.2 Å². The Morgan fingerprint density at radius 2 is 1.94 bits per heavy atom. The summed E-state index contributed by atoms with van der Waals surface area (Å²) < 4.78 is 25.7.